The summed E-state index contributed by atoms with van der Waals surface area (Å²) in [6.07, 6.45) is 0.403. The maximum atomic E-state index is 11.9. The number of benzene rings is 2. The number of thiol groups is 1. The molecule has 0 radical (unpaired) electrons. The van der Waals surface area contributed by atoms with Crippen molar-refractivity contribution >= 4 is 18.5 Å². The Bertz CT molecular complexity index is 563. The first-order chi connectivity index (χ1) is 9.15. The maximum Gasteiger partial charge on any atom is 0.224 e. The fraction of sp³-hybridized carbons (Fsp3) is 0.188. The molecule has 0 aliphatic rings. The summed E-state index contributed by atoms with van der Waals surface area (Å²) in [6.45, 7) is 2.63. The highest BCUT2D eigenvalue weighted by Gasteiger charge is 2.04. The molecule has 2 rings (SSSR count). The van der Waals surface area contributed by atoms with Crippen LogP contribution in [0, 0.1) is 6.92 Å². The van der Waals surface area contributed by atoms with Crippen molar-refractivity contribution in [1.82, 2.24) is 5.32 Å². The Hall–Kier alpha value is -1.74. The number of amides is 1. The summed E-state index contributed by atoms with van der Waals surface area (Å²) in [7, 11) is 0. The molecule has 1 N–H and O–H groups in total. The summed E-state index contributed by atoms with van der Waals surface area (Å²) in [5.74, 6) is 0.0372. The monoisotopic (exact) mass is 271 g/mol. The third kappa shape index (κ3) is 4.14. The molecule has 0 aliphatic carbocycles. The van der Waals surface area contributed by atoms with Crippen molar-refractivity contribution in [1.29, 1.82) is 0 Å². The summed E-state index contributed by atoms with van der Waals surface area (Å²) in [6, 6.07) is 15.7. The summed E-state index contributed by atoms with van der Waals surface area (Å²) >= 11 is 4.22. The number of aryl methyl sites for hydroxylation is 1. The average molecular weight is 271 g/mol. The van der Waals surface area contributed by atoms with Crippen LogP contribution in [0.15, 0.2) is 53.4 Å². The second kappa shape index (κ2) is 6.43. The highest BCUT2D eigenvalue weighted by atomic mass is 32.1. The van der Waals surface area contributed by atoms with Gasteiger partial charge in [0.15, 0.2) is 0 Å². The van der Waals surface area contributed by atoms with Crippen LogP contribution in [0.25, 0.3) is 0 Å². The summed E-state index contributed by atoms with van der Waals surface area (Å²) in [5.41, 5.74) is 3.35. The molecule has 2 aromatic carbocycles. The van der Waals surface area contributed by atoms with Gasteiger partial charge in [-0.1, -0.05) is 36.4 Å². The van der Waals surface area contributed by atoms with Crippen molar-refractivity contribution in [2.45, 2.75) is 24.8 Å². The normalized spacial score (nSPS) is 10.2. The molecule has 0 unspecified atom stereocenters. The van der Waals surface area contributed by atoms with Gasteiger partial charge in [-0.05, 0) is 35.7 Å². The van der Waals surface area contributed by atoms with E-state index in [9.17, 15) is 4.79 Å². The molecule has 2 nitrogen and oxygen atoms in total. The topological polar surface area (TPSA) is 29.1 Å². The highest BCUT2D eigenvalue weighted by molar-refractivity contribution is 7.80. The highest BCUT2D eigenvalue weighted by Crippen LogP contribution is 2.09. The molecule has 0 saturated carbocycles. The van der Waals surface area contributed by atoms with Gasteiger partial charge in [-0.15, -0.1) is 12.6 Å². The van der Waals surface area contributed by atoms with Crippen LogP contribution >= 0.6 is 12.6 Å². The van der Waals surface area contributed by atoms with Crippen molar-refractivity contribution in [2.75, 3.05) is 0 Å². The van der Waals surface area contributed by atoms with Crippen LogP contribution in [0.5, 0.6) is 0 Å². The minimum Gasteiger partial charge on any atom is -0.352 e. The van der Waals surface area contributed by atoms with Crippen LogP contribution < -0.4 is 5.32 Å². The Balaban J connectivity index is 1.88. The minimum atomic E-state index is 0.0372. The van der Waals surface area contributed by atoms with Gasteiger partial charge in [0.25, 0.3) is 0 Å². The number of nitrogens with one attached hydrogen (secondary N) is 1. The van der Waals surface area contributed by atoms with Gasteiger partial charge in [0.1, 0.15) is 0 Å². The number of rotatable bonds is 4. The first-order valence-corrected chi connectivity index (χ1v) is 6.69. The van der Waals surface area contributed by atoms with Crippen molar-refractivity contribution in [2.24, 2.45) is 0 Å². The van der Waals surface area contributed by atoms with Gasteiger partial charge in [-0.3, -0.25) is 4.79 Å². The van der Waals surface area contributed by atoms with Crippen molar-refractivity contribution in [3.63, 3.8) is 0 Å². The lowest BCUT2D eigenvalue weighted by Gasteiger charge is -2.08. The molecule has 2 aromatic rings. The van der Waals surface area contributed by atoms with Crippen LogP contribution in [-0.4, -0.2) is 5.91 Å². The smallest absolute Gasteiger partial charge is 0.224 e. The van der Waals surface area contributed by atoms with Crippen LogP contribution in [0.2, 0.25) is 0 Å². The van der Waals surface area contributed by atoms with Crippen molar-refractivity contribution < 1.29 is 4.79 Å². The maximum absolute atomic E-state index is 11.9. The SMILES string of the molecule is Cc1ccccc1CNC(=O)Cc1ccc(S)cc1. The van der Waals surface area contributed by atoms with Gasteiger partial charge in [0.05, 0.1) is 6.42 Å². The van der Waals surface area contributed by atoms with E-state index in [0.717, 1.165) is 16.0 Å². The fourth-order valence-electron chi connectivity index (χ4n) is 1.86. The first kappa shape index (κ1) is 13.7. The Kier molecular flexibility index (Phi) is 4.63. The van der Waals surface area contributed by atoms with Gasteiger partial charge >= 0.3 is 0 Å². The molecule has 0 aromatic heterocycles. The second-order valence-corrected chi connectivity index (χ2v) is 5.06. The molecule has 0 aliphatic heterocycles. The van der Waals surface area contributed by atoms with Crippen LogP contribution in [0.3, 0.4) is 0 Å². The molecule has 0 atom stereocenters. The van der Waals surface area contributed by atoms with E-state index in [-0.39, 0.29) is 5.91 Å². The van der Waals surface area contributed by atoms with E-state index in [2.05, 4.69) is 17.9 Å². The fourth-order valence-corrected chi connectivity index (χ4v) is 2.01. The van der Waals surface area contributed by atoms with E-state index in [1.165, 1.54) is 5.56 Å². The minimum absolute atomic E-state index is 0.0372. The third-order valence-electron chi connectivity index (χ3n) is 3.04. The Morgan fingerprint density at radius 1 is 1.11 bits per heavy atom. The molecule has 0 spiro atoms. The molecule has 3 heteroatoms. The molecule has 0 fully saturated rings. The molecule has 0 saturated heterocycles. The van der Waals surface area contributed by atoms with Crippen LogP contribution in [-0.2, 0) is 17.8 Å². The summed E-state index contributed by atoms with van der Waals surface area (Å²) in [4.78, 5) is 12.8. The zero-order valence-electron chi connectivity index (χ0n) is 10.9. The Labute approximate surface area is 119 Å². The molecule has 0 bridgehead atoms. The quantitative estimate of drug-likeness (QED) is 0.822. The van der Waals surface area contributed by atoms with E-state index >= 15 is 0 Å². The number of hydrogen-bond donors (Lipinski definition) is 2. The largest absolute Gasteiger partial charge is 0.352 e. The van der Waals surface area contributed by atoms with Gasteiger partial charge < -0.3 is 5.32 Å². The van der Waals surface area contributed by atoms with Gasteiger partial charge in [0, 0.05) is 11.4 Å². The summed E-state index contributed by atoms with van der Waals surface area (Å²) in [5, 5.41) is 2.94. The third-order valence-corrected chi connectivity index (χ3v) is 3.34. The van der Waals surface area contributed by atoms with Gasteiger partial charge in [-0.2, -0.15) is 0 Å². The van der Waals surface area contributed by atoms with E-state index in [1.807, 2.05) is 55.5 Å². The summed E-state index contributed by atoms with van der Waals surface area (Å²) < 4.78 is 0. The molecule has 19 heavy (non-hydrogen) atoms. The Morgan fingerprint density at radius 3 is 2.47 bits per heavy atom. The predicted molar refractivity (Wildman–Crippen MR) is 80.4 cm³/mol. The first-order valence-electron chi connectivity index (χ1n) is 6.24. The molecule has 0 heterocycles. The van der Waals surface area contributed by atoms with Crippen LogP contribution in [0.4, 0.5) is 0 Å². The average Bonchev–Trinajstić information content (AvgIpc) is 2.40. The number of carbonyl (C=O) groups excluding carboxylic acids is 1. The lowest BCUT2D eigenvalue weighted by molar-refractivity contribution is -0.120. The van der Waals surface area contributed by atoms with E-state index in [1.54, 1.807) is 0 Å². The van der Waals surface area contributed by atoms with Gasteiger partial charge in [0.2, 0.25) is 5.91 Å². The van der Waals surface area contributed by atoms with E-state index in [4.69, 9.17) is 0 Å². The number of hydrogen-bond acceptors (Lipinski definition) is 2. The van der Waals surface area contributed by atoms with Crippen LogP contribution in [0.1, 0.15) is 16.7 Å². The van der Waals surface area contributed by atoms with E-state index in [0.29, 0.717) is 13.0 Å². The molecular weight excluding hydrogens is 254 g/mol. The standard InChI is InChI=1S/C16H17NOS/c1-12-4-2-3-5-14(12)11-17-16(18)10-13-6-8-15(19)9-7-13/h2-9,19H,10-11H2,1H3,(H,17,18). The lowest BCUT2D eigenvalue weighted by atomic mass is 10.1. The van der Waals surface area contributed by atoms with Crippen molar-refractivity contribution in [3.8, 4) is 0 Å². The van der Waals surface area contributed by atoms with E-state index < -0.39 is 0 Å². The zero-order chi connectivity index (χ0) is 13.7. The van der Waals surface area contributed by atoms with Gasteiger partial charge in [-0.25, -0.2) is 0 Å². The predicted octanol–water partition coefficient (Wildman–Crippen LogP) is 3.14. The zero-order valence-corrected chi connectivity index (χ0v) is 11.8. The van der Waals surface area contributed by atoms with Crippen molar-refractivity contribution in [3.05, 3.63) is 65.2 Å². The molecule has 1 amide bonds. The Morgan fingerprint density at radius 2 is 1.79 bits per heavy atom. The molecule has 98 valence electrons. The lowest BCUT2D eigenvalue weighted by Crippen LogP contribution is -2.24. The second-order valence-electron chi connectivity index (χ2n) is 4.55. The molecular formula is C16H17NOS. The number of carbonyl (C=O) groups is 1.